The van der Waals surface area contributed by atoms with Gasteiger partial charge in [0, 0.05) is 34.7 Å². The maximum absolute atomic E-state index is 13.6. The van der Waals surface area contributed by atoms with E-state index in [-0.39, 0.29) is 35.3 Å². The van der Waals surface area contributed by atoms with E-state index in [2.05, 4.69) is 10.3 Å². The summed E-state index contributed by atoms with van der Waals surface area (Å²) in [6.45, 7) is 0.233. The number of thiazole rings is 1. The number of hydrogen-bond acceptors (Lipinski definition) is 9. The number of rotatable bonds is 9. The average Bonchev–Trinajstić information content (AvgIpc) is 3.53. The highest BCUT2D eigenvalue weighted by Crippen LogP contribution is 2.45. The molecule has 4 aromatic rings. The molecule has 2 aliphatic heterocycles. The van der Waals surface area contributed by atoms with Crippen LogP contribution in [0.1, 0.15) is 16.1 Å². The van der Waals surface area contributed by atoms with Crippen molar-refractivity contribution in [3.05, 3.63) is 106 Å². The molecule has 0 spiro atoms. The van der Waals surface area contributed by atoms with Gasteiger partial charge < -0.3 is 14.8 Å². The van der Waals surface area contributed by atoms with Crippen molar-refractivity contribution in [2.24, 2.45) is 0 Å². The van der Waals surface area contributed by atoms with Gasteiger partial charge in [0.15, 0.2) is 0 Å². The van der Waals surface area contributed by atoms with Crippen LogP contribution < -0.4 is 10.1 Å². The zero-order valence-electron chi connectivity index (χ0n) is 22.6. The molecule has 4 heterocycles. The van der Waals surface area contributed by atoms with Gasteiger partial charge in [-0.1, -0.05) is 42.5 Å². The van der Waals surface area contributed by atoms with Crippen molar-refractivity contribution in [1.82, 2.24) is 20.2 Å². The van der Waals surface area contributed by atoms with Gasteiger partial charge in [-0.25, -0.2) is 4.98 Å². The van der Waals surface area contributed by atoms with Crippen LogP contribution in [0.15, 0.2) is 90.2 Å². The third-order valence-electron chi connectivity index (χ3n) is 6.95. The molecule has 0 radical (unpaired) electrons. The predicted octanol–water partition coefficient (Wildman–Crippen LogP) is 5.11. The summed E-state index contributed by atoms with van der Waals surface area (Å²) in [5.41, 5.74) is 4.95. The number of nitrogens with one attached hydrogen (secondary N) is 1. The van der Waals surface area contributed by atoms with Crippen LogP contribution in [-0.2, 0) is 27.4 Å². The Kier molecular flexibility index (Phi) is 8.31. The molecule has 0 aliphatic carbocycles. The number of ether oxygens (including phenoxy) is 2. The summed E-state index contributed by atoms with van der Waals surface area (Å²) >= 11 is 8.88. The largest absolute Gasteiger partial charge is 0.497 e. The molecule has 42 heavy (non-hydrogen) atoms. The van der Waals surface area contributed by atoms with Gasteiger partial charge in [-0.15, -0.1) is 23.1 Å². The van der Waals surface area contributed by atoms with E-state index < -0.39 is 6.04 Å². The third-order valence-corrected chi connectivity index (χ3v) is 9.45. The Labute approximate surface area is 256 Å². The minimum absolute atomic E-state index is 0.198. The van der Waals surface area contributed by atoms with Crippen LogP contribution in [0.4, 0.5) is 0 Å². The number of thiocarbonyl (C=S) groups is 1. The van der Waals surface area contributed by atoms with Gasteiger partial charge in [0.2, 0.25) is 11.0 Å². The fraction of sp³-hybridized carbons (Fsp3) is 0.194. The molecule has 212 valence electrons. The molecule has 2 aromatic heterocycles. The minimum Gasteiger partial charge on any atom is -0.497 e. The maximum Gasteiger partial charge on any atom is 0.253 e. The lowest BCUT2D eigenvalue weighted by Crippen LogP contribution is -2.70. The Morgan fingerprint density at radius 3 is 2.57 bits per heavy atom. The molecular formula is C31H26N4O4S3. The highest BCUT2D eigenvalue weighted by Gasteiger charge is 2.54. The Balaban J connectivity index is 1.25. The van der Waals surface area contributed by atoms with Crippen LogP contribution in [0.2, 0.25) is 0 Å². The molecule has 0 unspecified atom stereocenters. The van der Waals surface area contributed by atoms with Crippen molar-refractivity contribution in [2.75, 3.05) is 12.9 Å². The van der Waals surface area contributed by atoms with Crippen LogP contribution >= 0.6 is 35.3 Å². The third kappa shape index (κ3) is 5.80. The highest BCUT2D eigenvalue weighted by atomic mass is 32.2. The molecule has 0 saturated carbocycles. The lowest BCUT2D eigenvalue weighted by atomic mass is 10.0. The summed E-state index contributed by atoms with van der Waals surface area (Å²) in [6.07, 6.45) is 3.66. The SMILES string of the molecule is COc1ccc(COC(=S)C2=C(c3nc(-c4ccncc4)cs3)CS[C@@H]3[C@H](NC(=O)Cc4ccccc4)C(=O)N23)cc1. The van der Waals surface area contributed by atoms with E-state index in [0.29, 0.717) is 11.4 Å². The summed E-state index contributed by atoms with van der Waals surface area (Å²) in [7, 11) is 1.62. The number of pyridine rings is 1. The van der Waals surface area contributed by atoms with Gasteiger partial charge in [0.05, 0.1) is 19.2 Å². The van der Waals surface area contributed by atoms with Crippen molar-refractivity contribution in [3.8, 4) is 17.0 Å². The van der Waals surface area contributed by atoms with Gasteiger partial charge in [0.1, 0.15) is 34.5 Å². The normalized spacial score (nSPS) is 17.7. The Morgan fingerprint density at radius 2 is 1.83 bits per heavy atom. The summed E-state index contributed by atoms with van der Waals surface area (Å²) < 4.78 is 11.3. The Bertz CT molecular complexity index is 1640. The molecule has 2 aliphatic rings. The number of amides is 2. The molecule has 1 N–H and O–H groups in total. The number of benzene rings is 2. The molecule has 1 saturated heterocycles. The summed E-state index contributed by atoms with van der Waals surface area (Å²) in [5.74, 6) is 0.891. The van der Waals surface area contributed by atoms with Crippen molar-refractivity contribution in [1.29, 1.82) is 0 Å². The predicted molar refractivity (Wildman–Crippen MR) is 168 cm³/mol. The first-order chi connectivity index (χ1) is 20.5. The van der Waals surface area contributed by atoms with E-state index in [4.69, 9.17) is 26.7 Å². The Morgan fingerprint density at radius 1 is 1.07 bits per heavy atom. The summed E-state index contributed by atoms with van der Waals surface area (Å²) in [4.78, 5) is 37.0. The van der Waals surface area contributed by atoms with Crippen LogP contribution in [0.25, 0.3) is 16.8 Å². The molecule has 2 atom stereocenters. The van der Waals surface area contributed by atoms with E-state index >= 15 is 0 Å². The van der Waals surface area contributed by atoms with Gasteiger partial charge in [-0.2, -0.15) is 0 Å². The molecule has 1 fully saturated rings. The van der Waals surface area contributed by atoms with Crippen LogP contribution in [-0.4, -0.2) is 56.0 Å². The monoisotopic (exact) mass is 614 g/mol. The minimum atomic E-state index is -0.643. The second kappa shape index (κ2) is 12.4. The first kappa shape index (κ1) is 28.1. The van der Waals surface area contributed by atoms with Crippen LogP contribution in [0.5, 0.6) is 5.75 Å². The van der Waals surface area contributed by atoms with Crippen molar-refractivity contribution < 1.29 is 19.1 Å². The summed E-state index contributed by atoms with van der Waals surface area (Å²) in [5, 5.41) is 5.61. The second-order valence-electron chi connectivity index (χ2n) is 9.64. The number of β-lactam (4-membered cyclic amide) rings is 1. The van der Waals surface area contributed by atoms with Crippen molar-refractivity contribution in [2.45, 2.75) is 24.4 Å². The van der Waals surface area contributed by atoms with E-state index in [0.717, 1.165) is 38.7 Å². The first-order valence-corrected chi connectivity index (χ1v) is 15.5. The average molecular weight is 615 g/mol. The number of methoxy groups -OCH3 is 1. The smallest absolute Gasteiger partial charge is 0.253 e. The topological polar surface area (TPSA) is 93.6 Å². The van der Waals surface area contributed by atoms with E-state index in [9.17, 15) is 9.59 Å². The number of carbonyl (C=O) groups excluding carboxylic acids is 2. The number of thioether (sulfide) groups is 1. The van der Waals surface area contributed by atoms with Gasteiger partial charge >= 0.3 is 0 Å². The molecule has 2 amide bonds. The zero-order chi connectivity index (χ0) is 29.1. The molecule has 8 nitrogen and oxygen atoms in total. The number of fused-ring (bicyclic) bond motifs is 1. The van der Waals surface area contributed by atoms with Gasteiger partial charge in [-0.3, -0.25) is 19.5 Å². The number of carbonyl (C=O) groups is 2. The number of hydrogen-bond donors (Lipinski definition) is 1. The number of nitrogens with zero attached hydrogens (tertiary/aromatic N) is 3. The van der Waals surface area contributed by atoms with Crippen molar-refractivity contribution in [3.63, 3.8) is 0 Å². The Hall–Kier alpha value is -4.06. The van der Waals surface area contributed by atoms with E-state index in [1.807, 2.05) is 72.1 Å². The first-order valence-electron chi connectivity index (χ1n) is 13.2. The number of aromatic nitrogens is 2. The molecule has 11 heteroatoms. The summed E-state index contributed by atoms with van der Waals surface area (Å²) in [6, 6.07) is 20.2. The van der Waals surface area contributed by atoms with Gasteiger partial charge in [-0.05, 0) is 47.6 Å². The standard InChI is InChI=1S/C31H26N4O4S3/c1-38-22-9-7-20(8-10-22)16-39-31(40)27-23(28-33-24(18-41-28)21-11-13-32-14-12-21)17-42-30-26(29(37)35(27)30)34-25(36)15-19-5-3-2-4-6-19/h2-14,18,26,30H,15-17H2,1H3,(H,34,36)/t26-,30-/m1/s1. The van der Waals surface area contributed by atoms with E-state index in [1.54, 1.807) is 36.2 Å². The van der Waals surface area contributed by atoms with Crippen molar-refractivity contribution >= 4 is 57.8 Å². The molecule has 6 rings (SSSR count). The molecule has 2 aromatic carbocycles. The lowest BCUT2D eigenvalue weighted by Gasteiger charge is -2.50. The van der Waals surface area contributed by atoms with E-state index in [1.165, 1.54) is 11.3 Å². The second-order valence-corrected chi connectivity index (χ2v) is 12.0. The van der Waals surface area contributed by atoms with Crippen LogP contribution in [0.3, 0.4) is 0 Å². The fourth-order valence-electron chi connectivity index (χ4n) is 4.78. The maximum atomic E-state index is 13.6. The highest BCUT2D eigenvalue weighted by molar-refractivity contribution is 8.00. The lowest BCUT2D eigenvalue weighted by molar-refractivity contribution is -0.145. The zero-order valence-corrected chi connectivity index (χ0v) is 25.0. The van der Waals surface area contributed by atoms with Gasteiger partial charge in [0.25, 0.3) is 5.91 Å². The van der Waals surface area contributed by atoms with Crippen LogP contribution in [0, 0.1) is 0 Å². The fourth-order valence-corrected chi connectivity index (χ4v) is 7.38. The molecular weight excluding hydrogens is 589 g/mol. The quantitative estimate of drug-likeness (QED) is 0.205. The molecule has 0 bridgehead atoms.